The molecule has 0 saturated heterocycles. The highest BCUT2D eigenvalue weighted by Gasteiger charge is 2.24. The van der Waals surface area contributed by atoms with Crippen LogP contribution in [0, 0.1) is 11.3 Å². The lowest BCUT2D eigenvalue weighted by atomic mass is 10.0. The molecule has 3 rings (SSSR count). The lowest BCUT2D eigenvalue weighted by Gasteiger charge is -2.15. The molecule has 0 aliphatic carbocycles. The Morgan fingerprint density at radius 1 is 1.41 bits per heavy atom. The van der Waals surface area contributed by atoms with Crippen molar-refractivity contribution >= 4 is 40.0 Å². The van der Waals surface area contributed by atoms with E-state index in [1.807, 2.05) is 36.6 Å². The van der Waals surface area contributed by atoms with E-state index in [4.69, 9.17) is 10.5 Å². The standard InChI is InChI=1S/C19H20N6O2S2/c1-4-28-19-24-23-18(21)25(19)11(2)16(26)22-17-14(9-20)15(10-29-17)12-5-7-13(27-3)8-6-12/h5-8,10-11H,4H2,1-3H3,(H2,21,23)(H,22,26). The van der Waals surface area contributed by atoms with E-state index in [0.717, 1.165) is 22.6 Å². The van der Waals surface area contributed by atoms with Crippen LogP contribution in [0.2, 0.25) is 0 Å². The highest BCUT2D eigenvalue weighted by molar-refractivity contribution is 7.99. The molecule has 150 valence electrons. The number of nitrogens with one attached hydrogen (secondary N) is 1. The van der Waals surface area contributed by atoms with Crippen LogP contribution >= 0.6 is 23.1 Å². The van der Waals surface area contributed by atoms with Gasteiger partial charge in [0.15, 0.2) is 5.16 Å². The molecule has 0 fully saturated rings. The summed E-state index contributed by atoms with van der Waals surface area (Å²) in [5.74, 6) is 1.39. The SMILES string of the molecule is CCSc1nnc(N)n1C(C)C(=O)Nc1scc(-c2ccc(OC)cc2)c1C#N. The molecule has 0 aliphatic heterocycles. The van der Waals surface area contributed by atoms with E-state index in [9.17, 15) is 10.1 Å². The third-order valence-corrected chi connectivity index (χ3v) is 5.99. The van der Waals surface area contributed by atoms with Gasteiger partial charge in [-0.25, -0.2) is 0 Å². The number of ether oxygens (including phenoxy) is 1. The molecule has 8 nitrogen and oxygen atoms in total. The second-order valence-electron chi connectivity index (χ2n) is 6.00. The van der Waals surface area contributed by atoms with Gasteiger partial charge < -0.3 is 15.8 Å². The maximum atomic E-state index is 12.8. The molecule has 1 unspecified atom stereocenters. The van der Waals surface area contributed by atoms with Crippen LogP contribution in [0.25, 0.3) is 11.1 Å². The first-order chi connectivity index (χ1) is 14.0. The molecule has 2 heterocycles. The average Bonchev–Trinajstić information content (AvgIpc) is 3.30. The average molecular weight is 429 g/mol. The van der Waals surface area contributed by atoms with Crippen LogP contribution in [0.3, 0.4) is 0 Å². The van der Waals surface area contributed by atoms with E-state index in [0.29, 0.717) is 15.7 Å². The summed E-state index contributed by atoms with van der Waals surface area (Å²) in [4.78, 5) is 12.8. The quantitative estimate of drug-likeness (QED) is 0.550. The van der Waals surface area contributed by atoms with Crippen LogP contribution < -0.4 is 15.8 Å². The zero-order chi connectivity index (χ0) is 21.0. The molecule has 0 bridgehead atoms. The minimum atomic E-state index is -0.628. The molecule has 0 saturated carbocycles. The number of aromatic nitrogens is 3. The van der Waals surface area contributed by atoms with Crippen LogP contribution in [-0.4, -0.2) is 33.5 Å². The van der Waals surface area contributed by atoms with Gasteiger partial charge in [0.05, 0.1) is 12.7 Å². The fraction of sp³-hybridized carbons (Fsp3) is 0.263. The Morgan fingerprint density at radius 2 is 2.14 bits per heavy atom. The van der Waals surface area contributed by atoms with Crippen LogP contribution in [0.1, 0.15) is 25.5 Å². The van der Waals surface area contributed by atoms with E-state index >= 15 is 0 Å². The van der Waals surface area contributed by atoms with Crippen molar-refractivity contribution in [1.82, 2.24) is 14.8 Å². The molecule has 1 atom stereocenters. The van der Waals surface area contributed by atoms with Gasteiger partial charge >= 0.3 is 0 Å². The van der Waals surface area contributed by atoms with Gasteiger partial charge in [0.2, 0.25) is 11.9 Å². The number of carbonyl (C=O) groups is 1. The smallest absolute Gasteiger partial charge is 0.248 e. The number of nitrogen functional groups attached to an aromatic ring is 1. The van der Waals surface area contributed by atoms with Crippen molar-refractivity contribution in [3.05, 3.63) is 35.2 Å². The van der Waals surface area contributed by atoms with Crippen LogP contribution in [0.5, 0.6) is 5.75 Å². The van der Waals surface area contributed by atoms with Gasteiger partial charge in [-0.05, 0) is 30.4 Å². The number of anilines is 2. The van der Waals surface area contributed by atoms with Crippen LogP contribution in [0.4, 0.5) is 10.9 Å². The summed E-state index contributed by atoms with van der Waals surface area (Å²) in [6, 6.07) is 8.98. The topological polar surface area (TPSA) is 119 Å². The zero-order valence-electron chi connectivity index (χ0n) is 16.2. The van der Waals surface area contributed by atoms with Crippen LogP contribution in [-0.2, 0) is 4.79 Å². The Labute approximate surface area is 176 Å². The van der Waals surface area contributed by atoms with Crippen molar-refractivity contribution in [1.29, 1.82) is 5.26 Å². The Morgan fingerprint density at radius 3 is 2.76 bits per heavy atom. The van der Waals surface area contributed by atoms with Gasteiger partial charge in [0.1, 0.15) is 22.9 Å². The molecule has 1 amide bonds. The third-order valence-electron chi connectivity index (χ3n) is 4.27. The van der Waals surface area contributed by atoms with Gasteiger partial charge in [-0.1, -0.05) is 30.8 Å². The summed E-state index contributed by atoms with van der Waals surface area (Å²) in [5.41, 5.74) is 7.95. The maximum absolute atomic E-state index is 12.8. The second kappa shape index (κ2) is 8.98. The molecule has 0 aliphatic rings. The van der Waals surface area contributed by atoms with Crippen molar-refractivity contribution in [2.24, 2.45) is 0 Å². The Bertz CT molecular complexity index is 1050. The van der Waals surface area contributed by atoms with Gasteiger partial charge in [-0.2, -0.15) is 5.26 Å². The van der Waals surface area contributed by atoms with E-state index in [1.165, 1.54) is 23.1 Å². The molecular formula is C19H20N6O2S2. The van der Waals surface area contributed by atoms with Gasteiger partial charge in [-0.3, -0.25) is 9.36 Å². The predicted molar refractivity (Wildman–Crippen MR) is 115 cm³/mol. The molecule has 1 aromatic carbocycles. The Balaban J connectivity index is 1.85. The Kier molecular flexibility index (Phi) is 6.41. The van der Waals surface area contributed by atoms with E-state index < -0.39 is 6.04 Å². The summed E-state index contributed by atoms with van der Waals surface area (Å²) >= 11 is 2.76. The number of thiophene rings is 1. The van der Waals surface area contributed by atoms with Crippen molar-refractivity contribution in [3.63, 3.8) is 0 Å². The number of methoxy groups -OCH3 is 1. The molecule has 3 aromatic rings. The van der Waals surface area contributed by atoms with Crippen molar-refractivity contribution in [3.8, 4) is 22.9 Å². The highest BCUT2D eigenvalue weighted by Crippen LogP contribution is 2.36. The normalized spacial score (nSPS) is 11.7. The summed E-state index contributed by atoms with van der Waals surface area (Å²) in [5, 5.41) is 23.3. The minimum absolute atomic E-state index is 0.175. The van der Waals surface area contributed by atoms with E-state index in [-0.39, 0.29) is 11.9 Å². The number of thioether (sulfide) groups is 1. The number of hydrogen-bond donors (Lipinski definition) is 2. The predicted octanol–water partition coefficient (Wildman–Crippen LogP) is 3.78. The van der Waals surface area contributed by atoms with Gasteiger partial charge in [-0.15, -0.1) is 21.5 Å². The summed E-state index contributed by atoms with van der Waals surface area (Å²) in [7, 11) is 1.60. The van der Waals surface area contributed by atoms with Crippen LogP contribution in [0.15, 0.2) is 34.8 Å². The lowest BCUT2D eigenvalue weighted by molar-refractivity contribution is -0.118. The number of benzene rings is 1. The summed E-state index contributed by atoms with van der Waals surface area (Å²) < 4.78 is 6.76. The minimum Gasteiger partial charge on any atom is -0.497 e. The molecule has 0 radical (unpaired) electrons. The summed E-state index contributed by atoms with van der Waals surface area (Å²) in [6.07, 6.45) is 0. The lowest BCUT2D eigenvalue weighted by Crippen LogP contribution is -2.25. The first-order valence-electron chi connectivity index (χ1n) is 8.80. The number of nitrogens with two attached hydrogens (primary N) is 1. The first-order valence-corrected chi connectivity index (χ1v) is 10.7. The first kappa shape index (κ1) is 20.7. The van der Waals surface area contributed by atoms with Crippen molar-refractivity contribution < 1.29 is 9.53 Å². The Hall–Kier alpha value is -3.03. The number of rotatable bonds is 7. The number of nitrogens with zero attached hydrogens (tertiary/aromatic N) is 4. The van der Waals surface area contributed by atoms with E-state index in [1.54, 1.807) is 18.6 Å². The maximum Gasteiger partial charge on any atom is 0.248 e. The molecule has 10 heteroatoms. The molecule has 0 spiro atoms. The molecule has 2 aromatic heterocycles. The highest BCUT2D eigenvalue weighted by atomic mass is 32.2. The zero-order valence-corrected chi connectivity index (χ0v) is 17.8. The largest absolute Gasteiger partial charge is 0.497 e. The fourth-order valence-electron chi connectivity index (χ4n) is 2.76. The number of nitriles is 1. The van der Waals surface area contributed by atoms with Crippen molar-refractivity contribution in [2.45, 2.75) is 25.0 Å². The number of hydrogen-bond acceptors (Lipinski definition) is 8. The molecular weight excluding hydrogens is 408 g/mol. The van der Waals surface area contributed by atoms with E-state index in [2.05, 4.69) is 21.6 Å². The van der Waals surface area contributed by atoms with Crippen molar-refractivity contribution in [2.75, 3.05) is 23.9 Å². The fourth-order valence-corrected chi connectivity index (χ4v) is 4.43. The van der Waals surface area contributed by atoms with Gasteiger partial charge in [0.25, 0.3) is 0 Å². The van der Waals surface area contributed by atoms with Gasteiger partial charge in [0, 0.05) is 10.9 Å². The molecule has 29 heavy (non-hydrogen) atoms. The second-order valence-corrected chi connectivity index (χ2v) is 8.11. The monoisotopic (exact) mass is 428 g/mol. The molecule has 3 N–H and O–H groups in total. The third kappa shape index (κ3) is 4.21. The summed E-state index contributed by atoms with van der Waals surface area (Å²) in [6.45, 7) is 3.70. The number of carbonyl (C=O) groups excluding carboxylic acids is 1. The number of amides is 1.